The minimum Gasteiger partial charge on any atom is -0.361 e. The summed E-state index contributed by atoms with van der Waals surface area (Å²) in [5.74, 6) is 0.913. The van der Waals surface area contributed by atoms with Gasteiger partial charge in [-0.3, -0.25) is 9.47 Å². The Morgan fingerprint density at radius 2 is 1.79 bits per heavy atom. The van der Waals surface area contributed by atoms with Crippen molar-refractivity contribution in [3.63, 3.8) is 0 Å². The number of aryl methyl sites for hydroxylation is 1. The average Bonchev–Trinajstić information content (AvgIpc) is 2.89. The molecule has 2 aromatic heterocycles. The van der Waals surface area contributed by atoms with Gasteiger partial charge in [-0.25, -0.2) is 4.79 Å². The number of fused-ring (bicyclic) bond motifs is 1. The van der Waals surface area contributed by atoms with Crippen LogP contribution in [-0.4, -0.2) is 44.6 Å². The van der Waals surface area contributed by atoms with Crippen LogP contribution in [0.2, 0.25) is 0 Å². The van der Waals surface area contributed by atoms with E-state index in [1.165, 1.54) is 15.7 Å². The van der Waals surface area contributed by atoms with E-state index in [9.17, 15) is 4.79 Å². The molecule has 34 heavy (non-hydrogen) atoms. The second-order valence-electron chi connectivity index (χ2n) is 8.95. The van der Waals surface area contributed by atoms with E-state index in [-0.39, 0.29) is 17.8 Å². The maximum Gasteiger partial charge on any atom is 0.350 e. The van der Waals surface area contributed by atoms with Crippen LogP contribution >= 0.6 is 15.9 Å². The predicted octanol–water partition coefficient (Wildman–Crippen LogP) is 5.21. The number of piperazine rings is 1. The Hall–Kier alpha value is -2.76. The first-order chi connectivity index (χ1) is 16.4. The maximum absolute atomic E-state index is 12.7. The van der Waals surface area contributed by atoms with Gasteiger partial charge in [-0.1, -0.05) is 60.6 Å². The number of pyridine rings is 1. The molecule has 3 aromatic rings. The Bertz CT molecular complexity index is 1270. The van der Waals surface area contributed by atoms with Gasteiger partial charge in [0.2, 0.25) is 5.52 Å². The number of aromatic nitrogens is 3. The van der Waals surface area contributed by atoms with E-state index in [1.807, 2.05) is 0 Å². The molecule has 0 spiro atoms. The molecule has 1 aliphatic heterocycles. The van der Waals surface area contributed by atoms with Crippen LogP contribution in [0, 0.1) is 6.57 Å². The third-order valence-corrected chi connectivity index (χ3v) is 7.75. The van der Waals surface area contributed by atoms with E-state index in [2.05, 4.69) is 85.6 Å². The molecule has 0 radical (unpaired) electrons. The van der Waals surface area contributed by atoms with Crippen molar-refractivity contribution in [1.29, 1.82) is 0 Å². The molecule has 3 atom stereocenters. The molecule has 1 unspecified atom stereocenters. The summed E-state index contributed by atoms with van der Waals surface area (Å²) in [4.78, 5) is 30.1. The summed E-state index contributed by atoms with van der Waals surface area (Å²) in [6.07, 6.45) is 1.91. The standard InChI is InChI=1S/C26H31BrN6O/c1-6-20-16-33(25-24-22(31(5)26(34)30-25)12-13-23(28-4)29-24)21(7-2)15-32(20)17(3)19-10-8-18(14-27)9-11-19/h8-13,17,20-21H,6-7,14-16H2,1-3,5H3/t17?,20-,21+/m1/s1. The zero-order valence-corrected chi connectivity index (χ0v) is 21.8. The summed E-state index contributed by atoms with van der Waals surface area (Å²) in [6, 6.07) is 13.1. The van der Waals surface area contributed by atoms with Crippen molar-refractivity contribution in [3.8, 4) is 0 Å². The monoisotopic (exact) mass is 522 g/mol. The minimum absolute atomic E-state index is 0.188. The van der Waals surface area contributed by atoms with Crippen molar-refractivity contribution in [3.05, 3.63) is 69.4 Å². The predicted molar refractivity (Wildman–Crippen MR) is 141 cm³/mol. The molecule has 1 aromatic carbocycles. The third kappa shape index (κ3) is 4.47. The van der Waals surface area contributed by atoms with Crippen molar-refractivity contribution in [2.24, 2.45) is 7.05 Å². The molecule has 0 aliphatic carbocycles. The smallest absolute Gasteiger partial charge is 0.350 e. The van der Waals surface area contributed by atoms with Crippen LogP contribution in [0.3, 0.4) is 0 Å². The fourth-order valence-electron chi connectivity index (χ4n) is 4.96. The van der Waals surface area contributed by atoms with Crippen LogP contribution in [-0.2, 0) is 12.4 Å². The Morgan fingerprint density at radius 3 is 2.41 bits per heavy atom. The zero-order valence-electron chi connectivity index (χ0n) is 20.2. The van der Waals surface area contributed by atoms with Crippen LogP contribution in [0.5, 0.6) is 0 Å². The average molecular weight is 523 g/mol. The van der Waals surface area contributed by atoms with E-state index in [1.54, 1.807) is 19.2 Å². The number of halogens is 1. The summed E-state index contributed by atoms with van der Waals surface area (Å²) >= 11 is 3.53. The highest BCUT2D eigenvalue weighted by Crippen LogP contribution is 2.34. The van der Waals surface area contributed by atoms with Gasteiger partial charge >= 0.3 is 5.69 Å². The lowest BCUT2D eigenvalue weighted by molar-refractivity contribution is 0.101. The summed E-state index contributed by atoms with van der Waals surface area (Å²) in [5.41, 5.74) is 3.61. The Morgan fingerprint density at radius 1 is 1.09 bits per heavy atom. The van der Waals surface area contributed by atoms with Gasteiger partial charge in [0, 0.05) is 43.6 Å². The third-order valence-electron chi connectivity index (χ3n) is 7.10. The highest BCUT2D eigenvalue weighted by atomic mass is 79.9. The lowest BCUT2D eigenvalue weighted by atomic mass is 9.96. The van der Waals surface area contributed by atoms with Crippen molar-refractivity contribution in [2.75, 3.05) is 18.0 Å². The fourth-order valence-corrected chi connectivity index (χ4v) is 5.33. The maximum atomic E-state index is 12.7. The number of benzene rings is 1. The molecule has 7 nitrogen and oxygen atoms in total. The lowest BCUT2D eigenvalue weighted by Gasteiger charge is -2.49. The molecule has 0 amide bonds. The Labute approximate surface area is 209 Å². The molecular weight excluding hydrogens is 492 g/mol. The van der Waals surface area contributed by atoms with Crippen LogP contribution < -0.4 is 10.6 Å². The second-order valence-corrected chi connectivity index (χ2v) is 9.51. The number of alkyl halides is 1. The molecule has 1 fully saturated rings. The van der Waals surface area contributed by atoms with Gasteiger partial charge in [-0.15, -0.1) is 4.98 Å². The molecule has 3 heterocycles. The number of hydrogen-bond acceptors (Lipinski definition) is 5. The molecular formula is C26H31BrN6O. The lowest BCUT2D eigenvalue weighted by Crippen LogP contribution is -2.59. The molecule has 0 saturated carbocycles. The van der Waals surface area contributed by atoms with Gasteiger partial charge in [0.05, 0.1) is 5.52 Å². The molecule has 0 N–H and O–H groups in total. The van der Waals surface area contributed by atoms with E-state index in [0.29, 0.717) is 28.7 Å². The van der Waals surface area contributed by atoms with Crippen molar-refractivity contribution < 1.29 is 0 Å². The number of rotatable bonds is 6. The largest absolute Gasteiger partial charge is 0.361 e. The summed E-state index contributed by atoms with van der Waals surface area (Å²) in [5, 5.41) is 0.858. The van der Waals surface area contributed by atoms with Crippen molar-refractivity contribution in [1.82, 2.24) is 19.4 Å². The van der Waals surface area contributed by atoms with Gasteiger partial charge in [0.25, 0.3) is 5.82 Å². The number of anilines is 1. The van der Waals surface area contributed by atoms with E-state index in [4.69, 9.17) is 6.57 Å². The first kappa shape index (κ1) is 24.4. The number of hydrogen-bond donors (Lipinski definition) is 0. The van der Waals surface area contributed by atoms with Crippen LogP contribution in [0.1, 0.15) is 50.8 Å². The summed E-state index contributed by atoms with van der Waals surface area (Å²) in [7, 11) is 1.70. The van der Waals surface area contributed by atoms with Gasteiger partial charge in [0.15, 0.2) is 5.82 Å². The molecule has 1 aliphatic rings. The first-order valence-corrected chi connectivity index (χ1v) is 13.0. The zero-order chi connectivity index (χ0) is 24.4. The SMILES string of the molecule is [C-]#[N+]c1ccc2c(n1)c(N1C[C@@H](CC)N(C(C)c3ccc(CBr)cc3)C[C@@H]1CC)nc(=O)n2C. The van der Waals surface area contributed by atoms with Gasteiger partial charge < -0.3 is 9.74 Å². The summed E-state index contributed by atoms with van der Waals surface area (Å²) in [6.45, 7) is 15.7. The van der Waals surface area contributed by atoms with Crippen LogP contribution in [0.25, 0.3) is 15.9 Å². The molecule has 0 bridgehead atoms. The van der Waals surface area contributed by atoms with E-state index < -0.39 is 0 Å². The Kier molecular flexibility index (Phi) is 7.34. The van der Waals surface area contributed by atoms with Crippen molar-refractivity contribution in [2.45, 2.75) is 57.1 Å². The molecule has 1 saturated heterocycles. The summed E-state index contributed by atoms with van der Waals surface area (Å²) < 4.78 is 1.51. The van der Waals surface area contributed by atoms with Gasteiger partial charge in [-0.2, -0.15) is 4.98 Å². The normalized spacial score (nSPS) is 19.8. The first-order valence-electron chi connectivity index (χ1n) is 11.8. The fraction of sp³-hybridized carbons (Fsp3) is 0.462. The quantitative estimate of drug-likeness (QED) is 0.328. The molecule has 8 heteroatoms. The van der Waals surface area contributed by atoms with E-state index in [0.717, 1.165) is 31.3 Å². The molecule has 4 rings (SSSR count). The van der Waals surface area contributed by atoms with Gasteiger partial charge in [-0.05, 0) is 43.0 Å². The Balaban J connectivity index is 1.73. The van der Waals surface area contributed by atoms with E-state index >= 15 is 0 Å². The second kappa shape index (κ2) is 10.2. The van der Waals surface area contributed by atoms with Gasteiger partial charge in [0.1, 0.15) is 0 Å². The van der Waals surface area contributed by atoms with Crippen LogP contribution in [0.4, 0.5) is 11.6 Å². The van der Waals surface area contributed by atoms with Crippen molar-refractivity contribution >= 4 is 38.6 Å². The number of nitrogens with zero attached hydrogens (tertiary/aromatic N) is 6. The topological polar surface area (TPSA) is 58.6 Å². The minimum atomic E-state index is -0.301. The highest BCUT2D eigenvalue weighted by Gasteiger charge is 2.37. The highest BCUT2D eigenvalue weighted by molar-refractivity contribution is 9.08. The van der Waals surface area contributed by atoms with Crippen LogP contribution in [0.15, 0.2) is 41.2 Å². The molecule has 178 valence electrons.